The molecule has 0 radical (unpaired) electrons. The Hall–Kier alpha value is -1.43. The second-order valence-corrected chi connectivity index (χ2v) is 3.72. The van der Waals surface area contributed by atoms with E-state index in [-0.39, 0.29) is 5.97 Å². The highest BCUT2D eigenvalue weighted by molar-refractivity contribution is 9.10. The Morgan fingerprint density at radius 2 is 2.13 bits per heavy atom. The molecule has 2 rings (SSSR count). The molecule has 1 aromatic heterocycles. The van der Waals surface area contributed by atoms with Crippen LogP contribution in [-0.2, 0) is 4.74 Å². The van der Waals surface area contributed by atoms with E-state index in [2.05, 4.69) is 31.3 Å². The van der Waals surface area contributed by atoms with Crippen molar-refractivity contribution in [3.05, 3.63) is 22.2 Å². The van der Waals surface area contributed by atoms with Crippen LogP contribution in [0.1, 0.15) is 17.3 Å². The van der Waals surface area contributed by atoms with E-state index >= 15 is 0 Å². The first-order chi connectivity index (χ1) is 7.22. The SMILES string of the molecule is CCOC(=O)c1cc2n[nH]nc2cc1Br. The van der Waals surface area contributed by atoms with Gasteiger partial charge in [0.2, 0.25) is 0 Å². The van der Waals surface area contributed by atoms with Gasteiger partial charge in [-0.2, -0.15) is 15.4 Å². The van der Waals surface area contributed by atoms with Gasteiger partial charge in [0, 0.05) is 4.47 Å². The summed E-state index contributed by atoms with van der Waals surface area (Å²) in [6.45, 7) is 2.11. The molecule has 0 amide bonds. The third-order valence-electron chi connectivity index (χ3n) is 1.90. The number of carbonyl (C=O) groups excluding carboxylic acids is 1. The average molecular weight is 270 g/mol. The number of aromatic nitrogens is 3. The van der Waals surface area contributed by atoms with Crippen molar-refractivity contribution in [2.24, 2.45) is 0 Å². The van der Waals surface area contributed by atoms with Gasteiger partial charge >= 0.3 is 5.97 Å². The van der Waals surface area contributed by atoms with Gasteiger partial charge in [0.05, 0.1) is 12.2 Å². The van der Waals surface area contributed by atoms with Gasteiger partial charge in [-0.1, -0.05) is 0 Å². The maximum Gasteiger partial charge on any atom is 0.339 e. The fourth-order valence-corrected chi connectivity index (χ4v) is 1.72. The highest BCUT2D eigenvalue weighted by atomic mass is 79.9. The number of nitrogens with zero attached hydrogens (tertiary/aromatic N) is 2. The summed E-state index contributed by atoms with van der Waals surface area (Å²) in [6.07, 6.45) is 0. The first-order valence-electron chi connectivity index (χ1n) is 4.39. The number of nitrogens with one attached hydrogen (secondary N) is 1. The standard InChI is InChI=1S/C9H8BrN3O2/c1-2-15-9(14)5-3-7-8(4-6(5)10)12-13-11-7/h3-4H,2H2,1H3,(H,11,12,13). The van der Waals surface area contributed by atoms with Crippen LogP contribution in [0.2, 0.25) is 0 Å². The number of H-pyrrole nitrogens is 1. The number of halogens is 1. The first-order valence-corrected chi connectivity index (χ1v) is 5.19. The van der Waals surface area contributed by atoms with Crippen LogP contribution in [0.4, 0.5) is 0 Å². The molecule has 1 heterocycles. The zero-order valence-corrected chi connectivity index (χ0v) is 9.54. The number of carbonyl (C=O) groups is 1. The maximum absolute atomic E-state index is 11.5. The lowest BCUT2D eigenvalue weighted by Gasteiger charge is -2.03. The van der Waals surface area contributed by atoms with Crippen molar-refractivity contribution in [1.29, 1.82) is 0 Å². The van der Waals surface area contributed by atoms with Gasteiger partial charge in [0.1, 0.15) is 11.0 Å². The van der Waals surface area contributed by atoms with Gasteiger partial charge in [0.15, 0.2) is 0 Å². The molecule has 0 atom stereocenters. The van der Waals surface area contributed by atoms with Crippen molar-refractivity contribution in [1.82, 2.24) is 15.4 Å². The molecule has 1 aromatic carbocycles. The summed E-state index contributed by atoms with van der Waals surface area (Å²) in [5.41, 5.74) is 1.80. The third-order valence-corrected chi connectivity index (χ3v) is 2.56. The average Bonchev–Trinajstić information content (AvgIpc) is 2.63. The zero-order chi connectivity index (χ0) is 10.8. The monoisotopic (exact) mass is 269 g/mol. The molecule has 2 aromatic rings. The molecule has 0 aliphatic heterocycles. The summed E-state index contributed by atoms with van der Waals surface area (Å²) >= 11 is 3.29. The quantitative estimate of drug-likeness (QED) is 0.846. The number of ether oxygens (including phenoxy) is 1. The molecule has 0 saturated carbocycles. The van der Waals surface area contributed by atoms with Gasteiger partial charge < -0.3 is 4.74 Å². The molecule has 78 valence electrons. The number of aromatic amines is 1. The minimum Gasteiger partial charge on any atom is -0.462 e. The molecular weight excluding hydrogens is 262 g/mol. The van der Waals surface area contributed by atoms with Crippen LogP contribution in [0.25, 0.3) is 11.0 Å². The van der Waals surface area contributed by atoms with Gasteiger partial charge in [-0.05, 0) is 35.0 Å². The van der Waals surface area contributed by atoms with Gasteiger partial charge in [-0.15, -0.1) is 0 Å². The molecule has 0 saturated heterocycles. The zero-order valence-electron chi connectivity index (χ0n) is 7.95. The summed E-state index contributed by atoms with van der Waals surface area (Å²) in [5.74, 6) is -0.366. The second-order valence-electron chi connectivity index (χ2n) is 2.86. The van der Waals surface area contributed by atoms with E-state index in [0.29, 0.717) is 27.7 Å². The normalized spacial score (nSPS) is 10.5. The van der Waals surface area contributed by atoms with E-state index in [9.17, 15) is 4.79 Å². The Balaban J connectivity index is 2.50. The van der Waals surface area contributed by atoms with Crippen molar-refractivity contribution >= 4 is 32.9 Å². The van der Waals surface area contributed by atoms with E-state index in [4.69, 9.17) is 4.74 Å². The van der Waals surface area contributed by atoms with Crippen molar-refractivity contribution in [2.45, 2.75) is 6.92 Å². The minimum atomic E-state index is -0.366. The van der Waals surface area contributed by atoms with Crippen LogP contribution in [0.5, 0.6) is 0 Å². The molecule has 0 unspecified atom stereocenters. The fraction of sp³-hybridized carbons (Fsp3) is 0.222. The molecule has 0 fully saturated rings. The van der Waals surface area contributed by atoms with Gasteiger partial charge in [-0.3, -0.25) is 0 Å². The summed E-state index contributed by atoms with van der Waals surface area (Å²) in [4.78, 5) is 11.5. The third kappa shape index (κ3) is 1.85. The van der Waals surface area contributed by atoms with Crippen LogP contribution in [-0.4, -0.2) is 28.0 Å². The summed E-state index contributed by atoms with van der Waals surface area (Å²) in [5, 5.41) is 10.3. The number of benzene rings is 1. The summed E-state index contributed by atoms with van der Waals surface area (Å²) in [6, 6.07) is 3.37. The summed E-state index contributed by atoms with van der Waals surface area (Å²) < 4.78 is 5.56. The van der Waals surface area contributed by atoms with Crippen LogP contribution in [0.3, 0.4) is 0 Å². The Kier molecular flexibility index (Phi) is 2.68. The lowest BCUT2D eigenvalue weighted by atomic mass is 10.2. The lowest BCUT2D eigenvalue weighted by molar-refractivity contribution is 0.0525. The largest absolute Gasteiger partial charge is 0.462 e. The van der Waals surface area contributed by atoms with Crippen molar-refractivity contribution in [3.63, 3.8) is 0 Å². The molecular formula is C9H8BrN3O2. The number of hydrogen-bond acceptors (Lipinski definition) is 4. The topological polar surface area (TPSA) is 67.9 Å². The molecule has 0 spiro atoms. The fourth-order valence-electron chi connectivity index (χ4n) is 1.23. The molecule has 0 aliphatic carbocycles. The molecule has 15 heavy (non-hydrogen) atoms. The molecule has 5 nitrogen and oxygen atoms in total. The summed E-state index contributed by atoms with van der Waals surface area (Å²) in [7, 11) is 0. The van der Waals surface area contributed by atoms with E-state index in [1.54, 1.807) is 19.1 Å². The van der Waals surface area contributed by atoms with Crippen molar-refractivity contribution < 1.29 is 9.53 Å². The van der Waals surface area contributed by atoms with Gasteiger partial charge in [-0.25, -0.2) is 4.79 Å². The molecule has 0 aliphatic rings. The number of esters is 1. The number of rotatable bonds is 2. The van der Waals surface area contributed by atoms with E-state index in [1.807, 2.05) is 0 Å². The maximum atomic E-state index is 11.5. The predicted octanol–water partition coefficient (Wildman–Crippen LogP) is 1.90. The first kappa shape index (κ1) is 10.1. The molecule has 1 N–H and O–H groups in total. The molecule has 6 heteroatoms. The molecule has 0 bridgehead atoms. The Morgan fingerprint density at radius 3 is 2.80 bits per heavy atom. The highest BCUT2D eigenvalue weighted by Crippen LogP contribution is 2.22. The van der Waals surface area contributed by atoms with Crippen LogP contribution >= 0.6 is 15.9 Å². The lowest BCUT2D eigenvalue weighted by Crippen LogP contribution is -2.05. The van der Waals surface area contributed by atoms with E-state index in [0.717, 1.165) is 0 Å². The van der Waals surface area contributed by atoms with Crippen LogP contribution in [0, 0.1) is 0 Å². The highest BCUT2D eigenvalue weighted by Gasteiger charge is 2.13. The van der Waals surface area contributed by atoms with Crippen molar-refractivity contribution in [2.75, 3.05) is 6.61 Å². The van der Waals surface area contributed by atoms with Gasteiger partial charge in [0.25, 0.3) is 0 Å². The van der Waals surface area contributed by atoms with E-state index < -0.39 is 0 Å². The Morgan fingerprint density at radius 1 is 1.47 bits per heavy atom. The van der Waals surface area contributed by atoms with E-state index in [1.165, 1.54) is 0 Å². The van der Waals surface area contributed by atoms with Crippen LogP contribution < -0.4 is 0 Å². The van der Waals surface area contributed by atoms with Crippen molar-refractivity contribution in [3.8, 4) is 0 Å². The second kappa shape index (κ2) is 3.98. The minimum absolute atomic E-state index is 0.349. The smallest absolute Gasteiger partial charge is 0.339 e. The predicted molar refractivity (Wildman–Crippen MR) is 57.5 cm³/mol. The number of hydrogen-bond donors (Lipinski definition) is 1. The Bertz CT molecular complexity index is 509. The van der Waals surface area contributed by atoms with Crippen LogP contribution in [0.15, 0.2) is 16.6 Å². The number of fused-ring (bicyclic) bond motifs is 1. The Labute approximate surface area is 93.9 Å².